The van der Waals surface area contributed by atoms with Gasteiger partial charge in [-0.05, 0) is 77.0 Å². The van der Waals surface area contributed by atoms with E-state index in [2.05, 4.69) is 93.7 Å². The van der Waals surface area contributed by atoms with E-state index < -0.39 is 67.3 Å². The first-order valence-corrected chi connectivity index (χ1v) is 30.2. The molecule has 438 valence electrons. The Kier molecular flexibility index (Phi) is 48.0. The first-order valence-electron chi connectivity index (χ1n) is 30.2. The molecule has 77 heavy (non-hydrogen) atoms. The second-order valence-electron chi connectivity index (χ2n) is 20.2. The number of unbranched alkanes of at least 4 members (excludes halogenated alkanes) is 21. The molecule has 3 N–H and O–H groups in total. The van der Waals surface area contributed by atoms with Crippen molar-refractivity contribution in [1.82, 2.24) is 0 Å². The number of rotatable bonds is 50. The van der Waals surface area contributed by atoms with Gasteiger partial charge in [-0.15, -0.1) is 0 Å². The third-order valence-corrected chi connectivity index (χ3v) is 13.2. The van der Waals surface area contributed by atoms with E-state index in [0.717, 1.165) is 109 Å². The second-order valence-corrected chi connectivity index (χ2v) is 20.2. The van der Waals surface area contributed by atoms with Crippen LogP contribution < -0.4 is 0 Å². The maximum atomic E-state index is 13.1. The highest BCUT2D eigenvalue weighted by molar-refractivity contribution is 5.74. The van der Waals surface area contributed by atoms with E-state index in [1.165, 1.54) is 70.6 Å². The van der Waals surface area contributed by atoms with Crippen LogP contribution in [0.5, 0.6) is 0 Å². The van der Waals surface area contributed by atoms with E-state index in [4.69, 9.17) is 23.7 Å². The predicted octanol–water partition coefficient (Wildman–Crippen LogP) is 15.7. The molecule has 1 heterocycles. The molecule has 0 saturated carbocycles. The minimum Gasteiger partial charge on any atom is -0.479 e. The molecular formula is C65H106O12. The van der Waals surface area contributed by atoms with Gasteiger partial charge in [-0.3, -0.25) is 14.4 Å². The Bertz CT molecular complexity index is 1710. The average Bonchev–Trinajstić information content (AvgIpc) is 3.43. The number of esters is 3. The Morgan fingerprint density at radius 3 is 1.31 bits per heavy atom. The van der Waals surface area contributed by atoms with Gasteiger partial charge in [-0.2, -0.15) is 0 Å². The molecule has 0 amide bonds. The third-order valence-electron chi connectivity index (χ3n) is 13.2. The van der Waals surface area contributed by atoms with Crippen LogP contribution in [0.2, 0.25) is 0 Å². The van der Waals surface area contributed by atoms with Crippen LogP contribution >= 0.6 is 0 Å². The lowest BCUT2D eigenvalue weighted by atomic mass is 9.98. The third kappa shape index (κ3) is 42.3. The highest BCUT2D eigenvalue weighted by Crippen LogP contribution is 2.26. The van der Waals surface area contributed by atoms with Crippen LogP contribution in [0.1, 0.15) is 239 Å². The molecular weight excluding hydrogens is 973 g/mol. The highest BCUT2D eigenvalue weighted by Gasteiger charge is 2.50. The van der Waals surface area contributed by atoms with Gasteiger partial charge >= 0.3 is 23.9 Å². The van der Waals surface area contributed by atoms with Crippen molar-refractivity contribution < 1.29 is 58.2 Å². The van der Waals surface area contributed by atoms with E-state index >= 15 is 0 Å². The standard InChI is InChI=1S/C65H106O12/c1-4-7-10-13-16-19-22-25-28-29-32-33-36-39-42-45-48-51-57(66)73-54-56(75-58(67)52-49-46-43-40-37-34-30-26-23-20-17-14-11-8-5-2)55-74-65-63(61(70)60(69)62(77-65)64(71)72)76-59(68)53-50-47-44-41-38-35-31-27-24-21-18-15-12-9-6-3/h7-8,10-11,16-17,19-20,25-26,28,30,37,40,46,49,56,60-63,65,69-70H,4-6,9,12-15,18,21-24,27,29,31-36,38-39,41-45,47-48,50-55H2,1-3H3,(H,71,72)/b10-7-,11-8-,19-16-,20-17-,28-25-,30-26-,40-37-,49-46-. The smallest absolute Gasteiger partial charge is 0.335 e. The topological polar surface area (TPSA) is 175 Å². The van der Waals surface area contributed by atoms with Gasteiger partial charge in [0.1, 0.15) is 18.8 Å². The van der Waals surface area contributed by atoms with Gasteiger partial charge in [-0.1, -0.05) is 240 Å². The maximum absolute atomic E-state index is 13.1. The van der Waals surface area contributed by atoms with Gasteiger partial charge in [0.15, 0.2) is 24.6 Å². The molecule has 1 rings (SSSR count). The van der Waals surface area contributed by atoms with E-state index in [1.807, 2.05) is 18.2 Å². The molecule has 0 aromatic heterocycles. The van der Waals surface area contributed by atoms with E-state index in [9.17, 15) is 34.5 Å². The summed E-state index contributed by atoms with van der Waals surface area (Å²) in [5.74, 6) is -3.30. The van der Waals surface area contributed by atoms with Crippen molar-refractivity contribution in [3.8, 4) is 0 Å². The second kappa shape index (κ2) is 52.3. The predicted molar refractivity (Wildman–Crippen MR) is 312 cm³/mol. The van der Waals surface area contributed by atoms with Gasteiger partial charge in [0, 0.05) is 12.8 Å². The molecule has 12 nitrogen and oxygen atoms in total. The van der Waals surface area contributed by atoms with Crippen LogP contribution in [0.25, 0.3) is 0 Å². The lowest BCUT2D eigenvalue weighted by molar-refractivity contribution is -0.301. The van der Waals surface area contributed by atoms with Crippen LogP contribution in [0.15, 0.2) is 97.2 Å². The van der Waals surface area contributed by atoms with Crippen LogP contribution in [0.4, 0.5) is 0 Å². The van der Waals surface area contributed by atoms with Crippen molar-refractivity contribution in [2.75, 3.05) is 13.2 Å². The molecule has 0 aromatic carbocycles. The average molecular weight is 1080 g/mol. The Morgan fingerprint density at radius 2 is 0.857 bits per heavy atom. The lowest BCUT2D eigenvalue weighted by Gasteiger charge is -2.40. The molecule has 1 aliphatic heterocycles. The van der Waals surface area contributed by atoms with Crippen molar-refractivity contribution in [3.05, 3.63) is 97.2 Å². The molecule has 0 radical (unpaired) electrons. The molecule has 1 saturated heterocycles. The normalized spacial score (nSPS) is 18.7. The number of aliphatic carboxylic acids is 1. The summed E-state index contributed by atoms with van der Waals surface area (Å²) in [5.41, 5.74) is 0. The van der Waals surface area contributed by atoms with Gasteiger partial charge in [0.2, 0.25) is 0 Å². The Hall–Kier alpha value is -4.36. The van der Waals surface area contributed by atoms with Gasteiger partial charge < -0.3 is 39.0 Å². The monoisotopic (exact) mass is 1080 g/mol. The van der Waals surface area contributed by atoms with Crippen molar-refractivity contribution in [2.45, 2.75) is 276 Å². The summed E-state index contributed by atoms with van der Waals surface area (Å²) >= 11 is 0. The van der Waals surface area contributed by atoms with E-state index in [-0.39, 0.29) is 25.9 Å². The number of carboxylic acid groups (broad SMARTS) is 1. The fourth-order valence-corrected chi connectivity index (χ4v) is 8.63. The van der Waals surface area contributed by atoms with Crippen LogP contribution in [0, 0.1) is 0 Å². The first kappa shape index (κ1) is 70.7. The van der Waals surface area contributed by atoms with Crippen molar-refractivity contribution in [1.29, 1.82) is 0 Å². The molecule has 0 spiro atoms. The van der Waals surface area contributed by atoms with Crippen molar-refractivity contribution in [2.24, 2.45) is 0 Å². The summed E-state index contributed by atoms with van der Waals surface area (Å²) < 4.78 is 28.3. The van der Waals surface area contributed by atoms with Crippen LogP contribution in [0.3, 0.4) is 0 Å². The molecule has 12 heteroatoms. The zero-order valence-corrected chi connectivity index (χ0v) is 48.2. The summed E-state index contributed by atoms with van der Waals surface area (Å²) in [6.45, 7) is 5.68. The highest BCUT2D eigenvalue weighted by atomic mass is 16.7. The largest absolute Gasteiger partial charge is 0.479 e. The summed E-state index contributed by atoms with van der Waals surface area (Å²) in [5, 5.41) is 31.5. The van der Waals surface area contributed by atoms with Gasteiger partial charge in [-0.25, -0.2) is 4.79 Å². The van der Waals surface area contributed by atoms with E-state index in [1.54, 1.807) is 6.08 Å². The molecule has 0 bridgehead atoms. The Balaban J connectivity index is 2.74. The molecule has 1 fully saturated rings. The number of carboxylic acids is 1. The number of ether oxygens (including phenoxy) is 5. The summed E-state index contributed by atoms with van der Waals surface area (Å²) in [7, 11) is 0. The summed E-state index contributed by atoms with van der Waals surface area (Å²) in [6, 6.07) is 0. The number of aliphatic hydroxyl groups is 2. The van der Waals surface area contributed by atoms with Gasteiger partial charge in [0.05, 0.1) is 13.0 Å². The van der Waals surface area contributed by atoms with Crippen LogP contribution in [-0.2, 0) is 42.9 Å². The van der Waals surface area contributed by atoms with E-state index in [0.29, 0.717) is 19.3 Å². The molecule has 6 atom stereocenters. The number of allylic oxidation sites excluding steroid dienone is 15. The molecule has 6 unspecified atom stereocenters. The fourth-order valence-electron chi connectivity index (χ4n) is 8.63. The van der Waals surface area contributed by atoms with Crippen molar-refractivity contribution >= 4 is 23.9 Å². The number of carbonyl (C=O) groups excluding carboxylic acids is 3. The Labute approximate surface area is 466 Å². The maximum Gasteiger partial charge on any atom is 0.335 e. The number of hydrogen-bond acceptors (Lipinski definition) is 11. The lowest BCUT2D eigenvalue weighted by Crippen LogP contribution is -2.61. The minimum absolute atomic E-state index is 0.0485. The minimum atomic E-state index is -1.92. The zero-order valence-electron chi connectivity index (χ0n) is 48.2. The quantitative estimate of drug-likeness (QED) is 0.0228. The van der Waals surface area contributed by atoms with Crippen molar-refractivity contribution in [3.63, 3.8) is 0 Å². The number of hydrogen-bond donors (Lipinski definition) is 3. The Morgan fingerprint density at radius 1 is 0.455 bits per heavy atom. The molecule has 1 aliphatic rings. The summed E-state index contributed by atoms with van der Waals surface area (Å²) in [6.07, 6.45) is 56.9. The number of carbonyl (C=O) groups is 4. The van der Waals surface area contributed by atoms with Gasteiger partial charge in [0.25, 0.3) is 0 Å². The summed E-state index contributed by atoms with van der Waals surface area (Å²) in [4.78, 5) is 51.1. The first-order chi connectivity index (χ1) is 37.6. The molecule has 0 aromatic rings. The SMILES string of the molecule is CC/C=C\C/C=C\C/C=C\C/C=C\C/C=C\CC(=O)OC(COC(=O)CCCCCCCCC/C=C\C/C=C\C/C=C\CC)COC1OC(C(=O)O)C(O)C(O)C1OC(=O)CCCCCCCCCCCCCCCCC. The fraction of sp³-hybridized carbons (Fsp3) is 0.692. The zero-order chi connectivity index (χ0) is 56.1. The molecule has 0 aliphatic carbocycles. The van der Waals surface area contributed by atoms with Crippen LogP contribution in [-0.4, -0.2) is 89.2 Å². The number of aliphatic hydroxyl groups excluding tert-OH is 2.